The van der Waals surface area contributed by atoms with Crippen molar-refractivity contribution in [1.82, 2.24) is 0 Å². The third-order valence-electron chi connectivity index (χ3n) is 1.72. The molecule has 0 spiro atoms. The van der Waals surface area contributed by atoms with Gasteiger partial charge in [-0.15, -0.1) is 0 Å². The fourth-order valence-corrected chi connectivity index (χ4v) is 1.05. The molecule has 0 aliphatic rings. The number of aldehydes is 1. The highest BCUT2D eigenvalue weighted by Crippen LogP contribution is 2.22. The first-order valence-electron chi connectivity index (χ1n) is 4.28. The second-order valence-electron chi connectivity index (χ2n) is 2.66. The molecule has 1 aromatic rings. The lowest BCUT2D eigenvalue weighted by atomic mass is 10.2. The van der Waals surface area contributed by atoms with Crippen molar-refractivity contribution in [1.29, 1.82) is 0 Å². The van der Waals surface area contributed by atoms with Crippen LogP contribution in [0.2, 0.25) is 0 Å². The second-order valence-corrected chi connectivity index (χ2v) is 2.66. The zero-order valence-corrected chi connectivity index (χ0v) is 8.03. The van der Waals surface area contributed by atoms with Crippen molar-refractivity contribution >= 4 is 6.29 Å². The number of carbonyl (C=O) groups is 1. The van der Waals surface area contributed by atoms with Crippen molar-refractivity contribution in [2.24, 2.45) is 5.73 Å². The van der Waals surface area contributed by atoms with Crippen molar-refractivity contribution in [3.63, 3.8) is 0 Å². The Hall–Kier alpha value is -1.55. The summed E-state index contributed by atoms with van der Waals surface area (Å²) < 4.78 is 10.2. The maximum atomic E-state index is 10.7. The quantitative estimate of drug-likeness (QED) is 0.707. The number of carbonyl (C=O) groups excluding carboxylic acids is 1. The van der Waals surface area contributed by atoms with Gasteiger partial charge in [-0.25, -0.2) is 0 Å². The molecule has 0 saturated heterocycles. The minimum atomic E-state index is 0.396. The van der Waals surface area contributed by atoms with Crippen LogP contribution in [0.15, 0.2) is 18.2 Å². The fourth-order valence-electron chi connectivity index (χ4n) is 1.05. The van der Waals surface area contributed by atoms with E-state index in [0.717, 1.165) is 6.29 Å². The number of ether oxygens (including phenoxy) is 2. The zero-order chi connectivity index (χ0) is 10.4. The molecule has 4 nitrogen and oxygen atoms in total. The maximum absolute atomic E-state index is 10.7. The van der Waals surface area contributed by atoms with E-state index in [4.69, 9.17) is 15.2 Å². The van der Waals surface area contributed by atoms with Gasteiger partial charge in [0.05, 0.1) is 12.7 Å². The predicted octanol–water partition coefficient (Wildman–Crippen LogP) is 0.845. The second kappa shape index (κ2) is 5.24. The Morgan fingerprint density at radius 2 is 2.29 bits per heavy atom. The van der Waals surface area contributed by atoms with Gasteiger partial charge >= 0.3 is 0 Å². The van der Waals surface area contributed by atoms with E-state index < -0.39 is 0 Å². The Balaban J connectivity index is 2.87. The molecular weight excluding hydrogens is 182 g/mol. The fraction of sp³-hybridized carbons (Fsp3) is 0.300. The normalized spacial score (nSPS) is 9.57. The molecule has 0 amide bonds. The van der Waals surface area contributed by atoms with Crippen molar-refractivity contribution in [2.45, 2.75) is 0 Å². The van der Waals surface area contributed by atoms with E-state index in [1.165, 1.54) is 0 Å². The minimum Gasteiger partial charge on any atom is -0.497 e. The summed E-state index contributed by atoms with van der Waals surface area (Å²) in [5.41, 5.74) is 5.76. The van der Waals surface area contributed by atoms with Crippen molar-refractivity contribution in [3.8, 4) is 11.5 Å². The van der Waals surface area contributed by atoms with Gasteiger partial charge in [-0.3, -0.25) is 4.79 Å². The summed E-state index contributed by atoms with van der Waals surface area (Å²) >= 11 is 0. The third-order valence-corrected chi connectivity index (χ3v) is 1.72. The van der Waals surface area contributed by atoms with Gasteiger partial charge in [0.25, 0.3) is 0 Å². The molecule has 0 aromatic heterocycles. The zero-order valence-electron chi connectivity index (χ0n) is 8.03. The molecular formula is C10H13NO3. The molecule has 2 N–H and O–H groups in total. The number of methoxy groups -OCH3 is 1. The van der Waals surface area contributed by atoms with Gasteiger partial charge in [0.15, 0.2) is 6.29 Å². The summed E-state index contributed by atoms with van der Waals surface area (Å²) in [6.07, 6.45) is 0.731. The summed E-state index contributed by atoms with van der Waals surface area (Å²) in [7, 11) is 1.55. The van der Waals surface area contributed by atoms with E-state index in [0.29, 0.717) is 30.2 Å². The van der Waals surface area contributed by atoms with Gasteiger partial charge in [-0.2, -0.15) is 0 Å². The van der Waals surface area contributed by atoms with Crippen LogP contribution in [0.1, 0.15) is 10.4 Å². The molecule has 76 valence electrons. The first kappa shape index (κ1) is 10.5. The summed E-state index contributed by atoms with van der Waals surface area (Å²) in [5.74, 6) is 1.17. The summed E-state index contributed by atoms with van der Waals surface area (Å²) in [6, 6.07) is 5.05. The molecule has 1 rings (SSSR count). The van der Waals surface area contributed by atoms with E-state index >= 15 is 0 Å². The van der Waals surface area contributed by atoms with E-state index in [1.54, 1.807) is 25.3 Å². The molecule has 0 unspecified atom stereocenters. The standard InChI is InChI=1S/C10H13NO3/c1-13-9-2-3-10(14-5-4-11)8(6-9)7-12/h2-3,6-7H,4-5,11H2,1H3. The number of nitrogens with two attached hydrogens (primary N) is 1. The average molecular weight is 195 g/mol. The monoisotopic (exact) mass is 195 g/mol. The van der Waals surface area contributed by atoms with Crippen molar-refractivity contribution in [2.75, 3.05) is 20.3 Å². The summed E-state index contributed by atoms with van der Waals surface area (Å²) in [5, 5.41) is 0. The molecule has 0 bridgehead atoms. The van der Waals surface area contributed by atoms with Crippen LogP contribution in [-0.4, -0.2) is 26.5 Å². The van der Waals surface area contributed by atoms with Crippen molar-refractivity contribution in [3.05, 3.63) is 23.8 Å². The number of benzene rings is 1. The third kappa shape index (κ3) is 2.47. The molecule has 0 atom stereocenters. The van der Waals surface area contributed by atoms with Crippen LogP contribution in [0.25, 0.3) is 0 Å². The van der Waals surface area contributed by atoms with Crippen LogP contribution in [-0.2, 0) is 0 Å². The average Bonchev–Trinajstić information content (AvgIpc) is 2.26. The number of rotatable bonds is 5. The Labute approximate surface area is 82.6 Å². The molecule has 0 fully saturated rings. The Kier molecular flexibility index (Phi) is 3.94. The Morgan fingerprint density at radius 3 is 2.86 bits per heavy atom. The Morgan fingerprint density at radius 1 is 1.50 bits per heavy atom. The van der Waals surface area contributed by atoms with Gasteiger partial charge < -0.3 is 15.2 Å². The maximum Gasteiger partial charge on any atom is 0.153 e. The lowest BCUT2D eigenvalue weighted by molar-refractivity contribution is 0.111. The topological polar surface area (TPSA) is 61.6 Å². The predicted molar refractivity (Wildman–Crippen MR) is 52.9 cm³/mol. The number of hydrogen-bond donors (Lipinski definition) is 1. The molecule has 0 heterocycles. The van der Waals surface area contributed by atoms with Gasteiger partial charge in [0.1, 0.15) is 18.1 Å². The van der Waals surface area contributed by atoms with Gasteiger partial charge in [0.2, 0.25) is 0 Å². The van der Waals surface area contributed by atoms with E-state index in [9.17, 15) is 4.79 Å². The van der Waals surface area contributed by atoms with Crippen LogP contribution in [0.5, 0.6) is 11.5 Å². The first-order valence-corrected chi connectivity index (χ1v) is 4.28. The molecule has 1 aromatic carbocycles. The summed E-state index contributed by atoms with van der Waals surface area (Å²) in [4.78, 5) is 10.7. The van der Waals surface area contributed by atoms with Crippen LogP contribution in [0.4, 0.5) is 0 Å². The van der Waals surface area contributed by atoms with Crippen LogP contribution >= 0.6 is 0 Å². The lowest BCUT2D eigenvalue weighted by Gasteiger charge is -2.08. The molecule has 0 aliphatic carbocycles. The van der Waals surface area contributed by atoms with Crippen LogP contribution in [0.3, 0.4) is 0 Å². The molecule has 14 heavy (non-hydrogen) atoms. The molecule has 0 saturated carbocycles. The van der Waals surface area contributed by atoms with E-state index in [1.807, 2.05) is 0 Å². The van der Waals surface area contributed by atoms with E-state index in [-0.39, 0.29) is 0 Å². The minimum absolute atomic E-state index is 0.396. The van der Waals surface area contributed by atoms with Crippen LogP contribution < -0.4 is 15.2 Å². The summed E-state index contributed by atoms with van der Waals surface area (Å²) in [6.45, 7) is 0.817. The highest BCUT2D eigenvalue weighted by atomic mass is 16.5. The molecule has 0 radical (unpaired) electrons. The molecule has 0 aliphatic heterocycles. The van der Waals surface area contributed by atoms with Gasteiger partial charge in [0, 0.05) is 6.54 Å². The van der Waals surface area contributed by atoms with Gasteiger partial charge in [-0.05, 0) is 18.2 Å². The van der Waals surface area contributed by atoms with Crippen molar-refractivity contribution < 1.29 is 14.3 Å². The van der Waals surface area contributed by atoms with Gasteiger partial charge in [-0.1, -0.05) is 0 Å². The Bertz CT molecular complexity index is 312. The molecule has 4 heteroatoms. The highest BCUT2D eigenvalue weighted by molar-refractivity contribution is 5.80. The first-order chi connectivity index (χ1) is 6.81. The highest BCUT2D eigenvalue weighted by Gasteiger charge is 2.03. The smallest absolute Gasteiger partial charge is 0.153 e. The van der Waals surface area contributed by atoms with E-state index in [2.05, 4.69) is 0 Å². The lowest BCUT2D eigenvalue weighted by Crippen LogP contribution is -2.11. The number of hydrogen-bond acceptors (Lipinski definition) is 4. The largest absolute Gasteiger partial charge is 0.497 e. The van der Waals surface area contributed by atoms with Crippen LogP contribution in [0, 0.1) is 0 Å². The SMILES string of the molecule is COc1ccc(OCCN)c(C=O)c1.